The van der Waals surface area contributed by atoms with Crippen molar-refractivity contribution in [2.24, 2.45) is 0 Å². The molecule has 0 fully saturated rings. The second kappa shape index (κ2) is 4.63. The number of carboxylic acid groups (broad SMARTS) is 1. The molecule has 2 rings (SSSR count). The van der Waals surface area contributed by atoms with Crippen LogP contribution in [0.3, 0.4) is 0 Å². The minimum absolute atomic E-state index is 0.611. The molecule has 0 saturated carbocycles. The Hall–Kier alpha value is -1.75. The van der Waals surface area contributed by atoms with Crippen LogP contribution in [0.1, 0.15) is 37.3 Å². The molecule has 0 heterocycles. The van der Waals surface area contributed by atoms with Crippen LogP contribution in [-0.2, 0) is 16.6 Å². The van der Waals surface area contributed by atoms with Crippen LogP contribution in [0.4, 0.5) is 0 Å². The van der Waals surface area contributed by atoms with Crippen molar-refractivity contribution in [2.75, 3.05) is 0 Å². The Bertz CT molecular complexity index is 493. The molecule has 0 spiro atoms. The van der Waals surface area contributed by atoms with Crippen LogP contribution in [-0.4, -0.2) is 11.1 Å². The number of aryl methyl sites for hydroxylation is 1. The topological polar surface area (TPSA) is 37.3 Å². The first-order chi connectivity index (χ1) is 8.20. The standard InChI is InChI=1S/C15H16O2/c1-2-3-6-10-15(14(16)17)11-9-12-7-4-5-8-13(12)15/h4-5,7-8H,6,9-11H2,1H3,(H,16,17). The molecule has 0 radical (unpaired) electrons. The Morgan fingerprint density at radius 2 is 2.24 bits per heavy atom. The van der Waals surface area contributed by atoms with Crippen LogP contribution in [0, 0.1) is 11.8 Å². The highest BCUT2D eigenvalue weighted by molar-refractivity contribution is 5.83. The van der Waals surface area contributed by atoms with Gasteiger partial charge in [0.1, 0.15) is 0 Å². The van der Waals surface area contributed by atoms with Crippen molar-refractivity contribution in [1.29, 1.82) is 0 Å². The predicted molar refractivity (Wildman–Crippen MR) is 66.8 cm³/mol. The van der Waals surface area contributed by atoms with Crippen LogP contribution in [0.5, 0.6) is 0 Å². The molecule has 2 nitrogen and oxygen atoms in total. The quantitative estimate of drug-likeness (QED) is 0.808. The zero-order valence-corrected chi connectivity index (χ0v) is 9.99. The molecule has 88 valence electrons. The number of hydrogen-bond donors (Lipinski definition) is 1. The maximum atomic E-state index is 11.6. The lowest BCUT2D eigenvalue weighted by Crippen LogP contribution is -2.33. The van der Waals surface area contributed by atoms with Gasteiger partial charge in [0.2, 0.25) is 0 Å². The molecular formula is C15H16O2. The lowest BCUT2D eigenvalue weighted by Gasteiger charge is -2.24. The van der Waals surface area contributed by atoms with Crippen molar-refractivity contribution in [1.82, 2.24) is 0 Å². The van der Waals surface area contributed by atoms with Crippen molar-refractivity contribution < 1.29 is 9.90 Å². The Morgan fingerprint density at radius 1 is 1.47 bits per heavy atom. The largest absolute Gasteiger partial charge is 0.481 e. The summed E-state index contributed by atoms with van der Waals surface area (Å²) in [6, 6.07) is 7.89. The van der Waals surface area contributed by atoms with E-state index in [4.69, 9.17) is 0 Å². The van der Waals surface area contributed by atoms with Gasteiger partial charge in [-0.25, -0.2) is 0 Å². The fraction of sp³-hybridized carbons (Fsp3) is 0.400. The van der Waals surface area contributed by atoms with Gasteiger partial charge < -0.3 is 5.11 Å². The molecule has 1 aromatic rings. The van der Waals surface area contributed by atoms with Crippen LogP contribution in [0.15, 0.2) is 24.3 Å². The van der Waals surface area contributed by atoms with Gasteiger partial charge in [0.15, 0.2) is 0 Å². The average Bonchev–Trinajstić information content (AvgIpc) is 2.70. The summed E-state index contributed by atoms with van der Waals surface area (Å²) in [6.07, 6.45) is 2.83. The number of carbonyl (C=O) groups is 1. The zero-order valence-electron chi connectivity index (χ0n) is 9.99. The van der Waals surface area contributed by atoms with Gasteiger partial charge >= 0.3 is 5.97 Å². The first kappa shape index (κ1) is 11.7. The molecule has 1 N–H and O–H groups in total. The smallest absolute Gasteiger partial charge is 0.314 e. The van der Waals surface area contributed by atoms with Crippen LogP contribution >= 0.6 is 0 Å². The number of hydrogen-bond acceptors (Lipinski definition) is 1. The van der Waals surface area contributed by atoms with E-state index in [-0.39, 0.29) is 0 Å². The number of aliphatic carboxylic acids is 1. The fourth-order valence-electron chi connectivity index (χ4n) is 2.68. The SMILES string of the molecule is CC#CCCC1(C(=O)O)CCc2ccccc21. The summed E-state index contributed by atoms with van der Waals surface area (Å²) in [5, 5.41) is 9.56. The first-order valence-corrected chi connectivity index (χ1v) is 5.92. The highest BCUT2D eigenvalue weighted by Crippen LogP contribution is 2.42. The fourth-order valence-corrected chi connectivity index (χ4v) is 2.68. The third kappa shape index (κ3) is 1.93. The van der Waals surface area contributed by atoms with Gasteiger partial charge in [-0.3, -0.25) is 4.79 Å². The number of fused-ring (bicyclic) bond motifs is 1. The van der Waals surface area contributed by atoms with Crippen LogP contribution < -0.4 is 0 Å². The second-order valence-electron chi connectivity index (χ2n) is 4.47. The van der Waals surface area contributed by atoms with E-state index >= 15 is 0 Å². The van der Waals surface area contributed by atoms with Gasteiger partial charge in [-0.1, -0.05) is 24.3 Å². The summed E-state index contributed by atoms with van der Waals surface area (Å²) >= 11 is 0. The maximum Gasteiger partial charge on any atom is 0.314 e. The predicted octanol–water partition coefficient (Wildman–Crippen LogP) is 2.76. The Morgan fingerprint density at radius 3 is 2.94 bits per heavy atom. The van der Waals surface area contributed by atoms with E-state index in [1.165, 1.54) is 5.56 Å². The zero-order chi connectivity index (χ0) is 12.3. The molecule has 0 aliphatic heterocycles. The van der Waals surface area contributed by atoms with Crippen molar-refractivity contribution in [3.05, 3.63) is 35.4 Å². The summed E-state index contributed by atoms with van der Waals surface area (Å²) in [6.45, 7) is 1.79. The molecule has 1 unspecified atom stereocenters. The van der Waals surface area contributed by atoms with Crippen LogP contribution in [0.2, 0.25) is 0 Å². The molecule has 1 aliphatic rings. The summed E-state index contributed by atoms with van der Waals surface area (Å²) < 4.78 is 0. The molecule has 1 aliphatic carbocycles. The van der Waals surface area contributed by atoms with Crippen molar-refractivity contribution in [3.8, 4) is 11.8 Å². The van der Waals surface area contributed by atoms with Crippen molar-refractivity contribution in [2.45, 2.75) is 38.0 Å². The second-order valence-corrected chi connectivity index (χ2v) is 4.47. The van der Waals surface area contributed by atoms with Gasteiger partial charge in [-0.2, -0.15) is 0 Å². The van der Waals surface area contributed by atoms with Crippen LogP contribution in [0.25, 0.3) is 0 Å². The Kier molecular flexibility index (Phi) is 3.19. The molecule has 0 saturated heterocycles. The molecule has 1 atom stereocenters. The van der Waals surface area contributed by atoms with E-state index < -0.39 is 11.4 Å². The van der Waals surface area contributed by atoms with Gasteiger partial charge in [-0.05, 0) is 37.3 Å². The molecule has 0 aromatic heterocycles. The third-order valence-electron chi connectivity index (χ3n) is 3.62. The molecule has 0 amide bonds. The van der Waals surface area contributed by atoms with Gasteiger partial charge in [0.05, 0.1) is 5.41 Å². The normalized spacial score (nSPS) is 21.5. The number of benzene rings is 1. The molecule has 0 bridgehead atoms. The van der Waals surface area contributed by atoms with Crippen molar-refractivity contribution >= 4 is 5.97 Å². The lowest BCUT2D eigenvalue weighted by molar-refractivity contribution is -0.144. The molecule has 1 aromatic carbocycles. The molecular weight excluding hydrogens is 212 g/mol. The average molecular weight is 228 g/mol. The minimum Gasteiger partial charge on any atom is -0.481 e. The summed E-state index contributed by atoms with van der Waals surface area (Å²) in [7, 11) is 0. The Balaban J connectivity index is 2.36. The van der Waals surface area contributed by atoms with E-state index in [1.54, 1.807) is 6.92 Å². The van der Waals surface area contributed by atoms with E-state index in [2.05, 4.69) is 11.8 Å². The lowest BCUT2D eigenvalue weighted by atomic mass is 9.78. The third-order valence-corrected chi connectivity index (χ3v) is 3.62. The van der Waals surface area contributed by atoms with Gasteiger partial charge in [-0.15, -0.1) is 11.8 Å². The van der Waals surface area contributed by atoms with E-state index in [0.717, 1.165) is 12.0 Å². The summed E-state index contributed by atoms with van der Waals surface area (Å²) in [5.41, 5.74) is 1.46. The molecule has 17 heavy (non-hydrogen) atoms. The van der Waals surface area contributed by atoms with Crippen molar-refractivity contribution in [3.63, 3.8) is 0 Å². The number of carboxylic acids is 1. The Labute approximate surface area is 102 Å². The van der Waals surface area contributed by atoms with E-state index in [1.807, 2.05) is 24.3 Å². The maximum absolute atomic E-state index is 11.6. The summed E-state index contributed by atoms with van der Waals surface area (Å²) in [4.78, 5) is 11.6. The molecule has 2 heteroatoms. The first-order valence-electron chi connectivity index (χ1n) is 5.92. The monoisotopic (exact) mass is 228 g/mol. The highest BCUT2D eigenvalue weighted by Gasteiger charge is 2.44. The minimum atomic E-state index is -0.708. The highest BCUT2D eigenvalue weighted by atomic mass is 16.4. The van der Waals surface area contributed by atoms with Gasteiger partial charge in [0.25, 0.3) is 0 Å². The van der Waals surface area contributed by atoms with E-state index in [9.17, 15) is 9.90 Å². The summed E-state index contributed by atoms with van der Waals surface area (Å²) in [5.74, 6) is 5.09. The van der Waals surface area contributed by atoms with E-state index in [0.29, 0.717) is 19.3 Å². The number of rotatable bonds is 3. The van der Waals surface area contributed by atoms with Gasteiger partial charge in [0, 0.05) is 6.42 Å².